The number of urea groups is 1. The van der Waals surface area contributed by atoms with E-state index in [9.17, 15) is 9.59 Å². The molecule has 2 atom stereocenters. The van der Waals surface area contributed by atoms with Gasteiger partial charge in [-0.05, 0) is 31.4 Å². The van der Waals surface area contributed by atoms with E-state index in [0.29, 0.717) is 17.7 Å². The number of hydrogen-bond acceptors (Lipinski definition) is 5. The number of methoxy groups -OCH3 is 1. The summed E-state index contributed by atoms with van der Waals surface area (Å²) in [6.07, 6.45) is 4.49. The lowest BCUT2D eigenvalue weighted by Crippen LogP contribution is -2.55. The first kappa shape index (κ1) is 21.6. The highest BCUT2D eigenvalue weighted by Crippen LogP contribution is 2.21. The van der Waals surface area contributed by atoms with Crippen LogP contribution in [0.5, 0.6) is 0 Å². The van der Waals surface area contributed by atoms with E-state index >= 15 is 0 Å². The van der Waals surface area contributed by atoms with Crippen molar-refractivity contribution in [2.24, 2.45) is 0 Å². The monoisotopic (exact) mass is 428 g/mol. The van der Waals surface area contributed by atoms with Gasteiger partial charge in [0.05, 0.1) is 24.0 Å². The van der Waals surface area contributed by atoms with Gasteiger partial charge in [0, 0.05) is 58.8 Å². The zero-order chi connectivity index (χ0) is 21.8. The minimum atomic E-state index is -0.142. The zero-order valence-electron chi connectivity index (χ0n) is 18.4. The van der Waals surface area contributed by atoms with Gasteiger partial charge in [0.2, 0.25) is 0 Å². The van der Waals surface area contributed by atoms with Crippen LogP contribution in [0.15, 0.2) is 34.9 Å². The molecule has 2 fully saturated rings. The summed E-state index contributed by atoms with van der Waals surface area (Å²) < 4.78 is 11.2. The molecule has 3 heterocycles. The topological polar surface area (TPSA) is 78.3 Å². The van der Waals surface area contributed by atoms with Crippen LogP contribution in [0, 0.1) is 0 Å². The maximum atomic E-state index is 12.9. The summed E-state index contributed by atoms with van der Waals surface area (Å²) in [6.45, 7) is 4.78. The third kappa shape index (κ3) is 4.85. The van der Waals surface area contributed by atoms with E-state index in [1.165, 1.54) is 0 Å². The molecule has 0 aliphatic carbocycles. The molecule has 0 radical (unpaired) electrons. The van der Waals surface area contributed by atoms with Crippen LogP contribution in [0.4, 0.5) is 4.79 Å². The Bertz CT molecular complexity index is 908. The number of likely N-dealkylation sites (N-methyl/N-ethyl adjacent to an activating group) is 1. The molecular weight excluding hydrogens is 396 g/mol. The number of nitrogens with one attached hydrogen (secondary N) is 1. The minimum absolute atomic E-state index is 0.0667. The second-order valence-corrected chi connectivity index (χ2v) is 8.49. The van der Waals surface area contributed by atoms with Crippen molar-refractivity contribution in [3.8, 4) is 0 Å². The molecule has 0 bridgehead atoms. The second kappa shape index (κ2) is 9.70. The molecule has 3 amide bonds. The van der Waals surface area contributed by atoms with Gasteiger partial charge >= 0.3 is 6.03 Å². The van der Waals surface area contributed by atoms with Crippen LogP contribution >= 0.6 is 0 Å². The van der Waals surface area contributed by atoms with Crippen LogP contribution < -0.4 is 5.32 Å². The number of hydrogen-bond donors (Lipinski definition) is 1. The molecule has 168 valence electrons. The van der Waals surface area contributed by atoms with Gasteiger partial charge in [0.25, 0.3) is 5.91 Å². The molecule has 2 aliphatic heterocycles. The Morgan fingerprint density at radius 2 is 2.03 bits per heavy atom. The van der Waals surface area contributed by atoms with Crippen molar-refractivity contribution in [3.05, 3.63) is 36.1 Å². The van der Waals surface area contributed by atoms with E-state index in [0.717, 1.165) is 57.4 Å². The van der Waals surface area contributed by atoms with Gasteiger partial charge < -0.3 is 24.3 Å². The standard InChI is InChI=1S/C23H32N4O4/c1-25(23(29)27-10-3-4-11-27)13-14-26-12-8-19(20(16-26)30-2)24-22(28)18-7-5-6-17-9-15-31-21(17)18/h5-7,9,15,19-20H,3-4,8,10-14,16H2,1-2H3,(H,24,28). The number of para-hydroxylation sites is 1. The largest absolute Gasteiger partial charge is 0.464 e. The van der Waals surface area contributed by atoms with E-state index in [-0.39, 0.29) is 24.1 Å². The average molecular weight is 429 g/mol. The third-order valence-electron chi connectivity index (χ3n) is 6.44. The third-order valence-corrected chi connectivity index (χ3v) is 6.44. The highest BCUT2D eigenvalue weighted by Gasteiger charge is 2.31. The summed E-state index contributed by atoms with van der Waals surface area (Å²) in [5.41, 5.74) is 1.15. The Morgan fingerprint density at radius 1 is 1.23 bits per heavy atom. The first-order valence-corrected chi connectivity index (χ1v) is 11.1. The number of furan rings is 1. The maximum absolute atomic E-state index is 12.9. The summed E-state index contributed by atoms with van der Waals surface area (Å²) >= 11 is 0. The maximum Gasteiger partial charge on any atom is 0.319 e. The molecule has 31 heavy (non-hydrogen) atoms. The number of likely N-dealkylation sites (tertiary alicyclic amines) is 2. The fraction of sp³-hybridized carbons (Fsp3) is 0.565. The predicted octanol–water partition coefficient (Wildman–Crippen LogP) is 2.40. The fourth-order valence-electron chi connectivity index (χ4n) is 4.54. The van der Waals surface area contributed by atoms with Gasteiger partial charge in [0.15, 0.2) is 0 Å². The highest BCUT2D eigenvalue weighted by atomic mass is 16.5. The van der Waals surface area contributed by atoms with Crippen molar-refractivity contribution in [2.75, 3.05) is 53.4 Å². The quantitative estimate of drug-likeness (QED) is 0.765. The molecular formula is C23H32N4O4. The highest BCUT2D eigenvalue weighted by molar-refractivity contribution is 6.04. The van der Waals surface area contributed by atoms with E-state index in [1.54, 1.807) is 19.4 Å². The predicted molar refractivity (Wildman–Crippen MR) is 118 cm³/mol. The molecule has 8 nitrogen and oxygen atoms in total. The van der Waals surface area contributed by atoms with Gasteiger partial charge in [-0.25, -0.2) is 4.79 Å². The van der Waals surface area contributed by atoms with E-state index < -0.39 is 0 Å². The number of nitrogens with zero attached hydrogens (tertiary/aromatic N) is 3. The summed E-state index contributed by atoms with van der Waals surface area (Å²) in [6, 6.07) is 7.48. The van der Waals surface area contributed by atoms with Crippen molar-refractivity contribution < 1.29 is 18.7 Å². The smallest absolute Gasteiger partial charge is 0.319 e. The molecule has 0 saturated carbocycles. The van der Waals surface area contributed by atoms with Crippen LogP contribution in [0.2, 0.25) is 0 Å². The van der Waals surface area contributed by atoms with Gasteiger partial charge in [-0.1, -0.05) is 12.1 Å². The molecule has 2 aromatic rings. The second-order valence-electron chi connectivity index (χ2n) is 8.49. The van der Waals surface area contributed by atoms with Gasteiger partial charge in [0.1, 0.15) is 5.58 Å². The van der Waals surface area contributed by atoms with Crippen molar-refractivity contribution in [3.63, 3.8) is 0 Å². The van der Waals surface area contributed by atoms with Crippen LogP contribution in [-0.4, -0.2) is 92.2 Å². The van der Waals surface area contributed by atoms with Crippen molar-refractivity contribution in [1.82, 2.24) is 20.0 Å². The molecule has 1 aromatic heterocycles. The van der Waals surface area contributed by atoms with E-state index in [1.807, 2.05) is 35.0 Å². The lowest BCUT2D eigenvalue weighted by atomic mass is 10.0. The van der Waals surface area contributed by atoms with Crippen molar-refractivity contribution >= 4 is 22.9 Å². The van der Waals surface area contributed by atoms with Crippen molar-refractivity contribution in [2.45, 2.75) is 31.4 Å². The van der Waals surface area contributed by atoms with Gasteiger partial charge in [-0.15, -0.1) is 0 Å². The Labute approximate surface area is 183 Å². The van der Waals surface area contributed by atoms with E-state index in [2.05, 4.69) is 10.2 Å². The molecule has 2 unspecified atom stereocenters. The molecule has 8 heteroatoms. The SMILES string of the molecule is COC1CN(CCN(C)C(=O)N2CCCC2)CCC1NC(=O)c1cccc2ccoc12. The number of piperidine rings is 1. The molecule has 0 spiro atoms. The van der Waals surface area contributed by atoms with E-state index in [4.69, 9.17) is 9.15 Å². The number of amides is 3. The normalized spacial score (nSPS) is 22.1. The lowest BCUT2D eigenvalue weighted by Gasteiger charge is -2.38. The number of benzene rings is 1. The fourth-order valence-corrected chi connectivity index (χ4v) is 4.54. The number of fused-ring (bicyclic) bond motifs is 1. The van der Waals surface area contributed by atoms with Crippen LogP contribution in [0.3, 0.4) is 0 Å². The summed E-state index contributed by atoms with van der Waals surface area (Å²) in [5.74, 6) is -0.142. The number of carbonyl (C=O) groups excluding carboxylic acids is 2. The van der Waals surface area contributed by atoms with Gasteiger partial charge in [-0.2, -0.15) is 0 Å². The first-order valence-electron chi connectivity index (χ1n) is 11.1. The Morgan fingerprint density at radius 3 is 2.81 bits per heavy atom. The minimum Gasteiger partial charge on any atom is -0.464 e. The molecule has 4 rings (SSSR count). The Kier molecular flexibility index (Phi) is 6.77. The molecule has 1 aromatic carbocycles. The summed E-state index contributed by atoms with van der Waals surface area (Å²) in [5, 5.41) is 4.05. The molecule has 1 N–H and O–H groups in total. The van der Waals surface area contributed by atoms with Crippen LogP contribution in [0.25, 0.3) is 11.0 Å². The van der Waals surface area contributed by atoms with Crippen LogP contribution in [-0.2, 0) is 4.74 Å². The number of ether oxygens (including phenoxy) is 1. The van der Waals surface area contributed by atoms with Crippen molar-refractivity contribution in [1.29, 1.82) is 0 Å². The molecule has 2 aliphatic rings. The lowest BCUT2D eigenvalue weighted by molar-refractivity contribution is 0.00505. The average Bonchev–Trinajstić information content (AvgIpc) is 3.49. The Balaban J connectivity index is 1.30. The first-order chi connectivity index (χ1) is 15.1. The Hall–Kier alpha value is -2.58. The summed E-state index contributed by atoms with van der Waals surface area (Å²) in [4.78, 5) is 31.4. The number of rotatable bonds is 6. The zero-order valence-corrected chi connectivity index (χ0v) is 18.4. The van der Waals surface area contributed by atoms with Gasteiger partial charge in [-0.3, -0.25) is 9.69 Å². The summed E-state index contributed by atoms with van der Waals surface area (Å²) in [7, 11) is 3.56. The molecule has 2 saturated heterocycles. The number of carbonyl (C=O) groups is 2. The van der Waals surface area contributed by atoms with Crippen LogP contribution in [0.1, 0.15) is 29.6 Å².